The van der Waals surface area contributed by atoms with Gasteiger partial charge in [-0.2, -0.15) is 4.31 Å². The van der Waals surface area contributed by atoms with Crippen LogP contribution < -0.4 is 0 Å². The van der Waals surface area contributed by atoms with Crippen molar-refractivity contribution in [3.8, 4) is 0 Å². The number of sulfonamides is 1. The molecule has 1 aromatic carbocycles. The summed E-state index contributed by atoms with van der Waals surface area (Å²) in [5, 5.41) is 0. The first-order valence-electron chi connectivity index (χ1n) is 8.46. The highest BCUT2D eigenvalue weighted by molar-refractivity contribution is 7.91. The molecule has 0 saturated heterocycles. The average molecular weight is 429 g/mol. The summed E-state index contributed by atoms with van der Waals surface area (Å²) in [6, 6.07) is 11.1. The Balaban J connectivity index is 2.01. The highest BCUT2D eigenvalue weighted by atomic mass is 35.5. The topological polar surface area (TPSA) is 57.7 Å². The fraction of sp³-hybridized carbons (Fsp3) is 0.421. The monoisotopic (exact) mass is 428 g/mol. The van der Waals surface area contributed by atoms with E-state index in [1.807, 2.05) is 12.1 Å². The Kier molecular flexibility index (Phi) is 6.73. The molecule has 0 spiro atoms. The molecule has 148 valence electrons. The minimum Gasteiger partial charge on any atom is -0.340 e. The molecule has 1 heterocycles. The zero-order chi connectivity index (χ0) is 20.4. The largest absolute Gasteiger partial charge is 0.340 e. The maximum absolute atomic E-state index is 12.5. The van der Waals surface area contributed by atoms with Crippen LogP contribution in [0.25, 0.3) is 0 Å². The predicted molar refractivity (Wildman–Crippen MR) is 111 cm³/mol. The van der Waals surface area contributed by atoms with Crippen LogP contribution >= 0.6 is 22.9 Å². The standard InChI is InChI=1S/C19H25ClN2O3S2/c1-19(2,3)15-8-6-14(7-9-15)12-21(4)17(23)13-22(5)27(24,25)18-11-10-16(20)26-18/h6-11H,12-13H2,1-5H3. The van der Waals surface area contributed by atoms with Crippen molar-refractivity contribution in [1.82, 2.24) is 9.21 Å². The van der Waals surface area contributed by atoms with E-state index in [1.54, 1.807) is 7.05 Å². The summed E-state index contributed by atoms with van der Waals surface area (Å²) in [5.41, 5.74) is 2.29. The van der Waals surface area contributed by atoms with E-state index in [9.17, 15) is 13.2 Å². The molecule has 0 bridgehead atoms. The molecular weight excluding hydrogens is 404 g/mol. The molecule has 1 aromatic heterocycles. The number of nitrogens with zero attached hydrogens (tertiary/aromatic N) is 2. The molecule has 0 radical (unpaired) electrons. The van der Waals surface area contributed by atoms with E-state index in [2.05, 4.69) is 32.9 Å². The lowest BCUT2D eigenvalue weighted by Gasteiger charge is -2.22. The third kappa shape index (κ3) is 5.54. The molecule has 2 rings (SSSR count). The van der Waals surface area contributed by atoms with E-state index in [-0.39, 0.29) is 22.1 Å². The lowest BCUT2D eigenvalue weighted by atomic mass is 9.87. The summed E-state index contributed by atoms with van der Waals surface area (Å²) in [6.07, 6.45) is 0. The van der Waals surface area contributed by atoms with E-state index < -0.39 is 10.0 Å². The van der Waals surface area contributed by atoms with Crippen LogP contribution in [0.15, 0.2) is 40.6 Å². The third-order valence-electron chi connectivity index (χ3n) is 4.24. The first-order valence-corrected chi connectivity index (χ1v) is 11.1. The van der Waals surface area contributed by atoms with Gasteiger partial charge in [-0.3, -0.25) is 4.79 Å². The Morgan fingerprint density at radius 3 is 2.15 bits per heavy atom. The van der Waals surface area contributed by atoms with E-state index in [4.69, 9.17) is 11.6 Å². The van der Waals surface area contributed by atoms with Gasteiger partial charge in [0, 0.05) is 20.6 Å². The van der Waals surface area contributed by atoms with Crippen molar-refractivity contribution in [3.05, 3.63) is 51.9 Å². The Morgan fingerprint density at radius 2 is 1.67 bits per heavy atom. The number of hydrogen-bond donors (Lipinski definition) is 0. The molecular formula is C19H25ClN2O3S2. The number of hydrogen-bond acceptors (Lipinski definition) is 4. The lowest BCUT2D eigenvalue weighted by molar-refractivity contribution is -0.130. The van der Waals surface area contributed by atoms with Crippen LogP contribution in [0.2, 0.25) is 4.34 Å². The Hall–Kier alpha value is -1.41. The maximum Gasteiger partial charge on any atom is 0.252 e. The van der Waals surface area contributed by atoms with Crippen molar-refractivity contribution in [2.45, 2.75) is 36.9 Å². The van der Waals surface area contributed by atoms with E-state index >= 15 is 0 Å². The number of rotatable bonds is 6. The molecule has 0 unspecified atom stereocenters. The van der Waals surface area contributed by atoms with Gasteiger partial charge >= 0.3 is 0 Å². The Labute approximate surface area is 170 Å². The van der Waals surface area contributed by atoms with Crippen LogP contribution in [0.1, 0.15) is 31.9 Å². The molecule has 27 heavy (non-hydrogen) atoms. The van der Waals surface area contributed by atoms with Crippen LogP contribution in [-0.2, 0) is 26.8 Å². The molecule has 0 aliphatic rings. The van der Waals surface area contributed by atoms with Gasteiger partial charge in [-0.1, -0.05) is 56.6 Å². The average Bonchev–Trinajstić information content (AvgIpc) is 3.01. The van der Waals surface area contributed by atoms with Gasteiger partial charge < -0.3 is 4.90 Å². The van der Waals surface area contributed by atoms with Crippen molar-refractivity contribution < 1.29 is 13.2 Å². The minimum atomic E-state index is -3.72. The molecule has 0 aliphatic heterocycles. The summed E-state index contributed by atoms with van der Waals surface area (Å²) < 4.78 is 26.6. The number of carbonyl (C=O) groups excluding carboxylic acids is 1. The molecule has 8 heteroatoms. The summed E-state index contributed by atoms with van der Waals surface area (Å²) >= 11 is 6.79. The predicted octanol–water partition coefficient (Wildman–Crippen LogP) is 3.98. The van der Waals surface area contributed by atoms with Crippen LogP contribution in [0.4, 0.5) is 0 Å². The summed E-state index contributed by atoms with van der Waals surface area (Å²) in [7, 11) is -0.657. The summed E-state index contributed by atoms with van der Waals surface area (Å²) in [6.45, 7) is 6.63. The van der Waals surface area contributed by atoms with Gasteiger partial charge in [-0.15, -0.1) is 11.3 Å². The van der Waals surface area contributed by atoms with Gasteiger partial charge in [-0.05, 0) is 28.7 Å². The molecule has 0 atom stereocenters. The molecule has 0 saturated carbocycles. The second kappa shape index (κ2) is 8.31. The van der Waals surface area contributed by atoms with Gasteiger partial charge in [0.25, 0.3) is 10.0 Å². The normalized spacial score (nSPS) is 12.4. The fourth-order valence-corrected chi connectivity index (χ4v) is 5.27. The number of amides is 1. The zero-order valence-corrected chi connectivity index (χ0v) is 18.6. The molecule has 2 aromatic rings. The highest BCUT2D eigenvalue weighted by Gasteiger charge is 2.26. The summed E-state index contributed by atoms with van der Waals surface area (Å²) in [5.74, 6) is -0.274. The number of carbonyl (C=O) groups is 1. The molecule has 5 nitrogen and oxygen atoms in total. The van der Waals surface area contributed by atoms with Crippen LogP contribution in [0.5, 0.6) is 0 Å². The molecule has 1 amide bonds. The fourth-order valence-electron chi connectivity index (χ4n) is 2.46. The molecule has 0 aliphatic carbocycles. The van der Waals surface area contributed by atoms with E-state index in [0.717, 1.165) is 21.2 Å². The SMILES string of the molecule is CN(Cc1ccc(C(C)(C)C)cc1)C(=O)CN(C)S(=O)(=O)c1ccc(Cl)s1. The minimum absolute atomic E-state index is 0.0714. The van der Waals surface area contributed by atoms with Gasteiger partial charge in [0.15, 0.2) is 0 Å². The van der Waals surface area contributed by atoms with Crippen LogP contribution in [0.3, 0.4) is 0 Å². The van der Waals surface area contributed by atoms with E-state index in [0.29, 0.717) is 10.9 Å². The first-order chi connectivity index (χ1) is 12.4. The smallest absolute Gasteiger partial charge is 0.252 e. The number of likely N-dealkylation sites (N-methyl/N-ethyl adjacent to an activating group) is 2. The Morgan fingerprint density at radius 1 is 1.07 bits per heavy atom. The van der Waals surface area contributed by atoms with Crippen LogP contribution in [-0.4, -0.2) is 44.2 Å². The lowest BCUT2D eigenvalue weighted by Crippen LogP contribution is -2.38. The third-order valence-corrected chi connectivity index (χ3v) is 7.74. The number of benzene rings is 1. The van der Waals surface area contributed by atoms with Crippen molar-refractivity contribution in [2.24, 2.45) is 0 Å². The van der Waals surface area contributed by atoms with Gasteiger partial charge in [-0.25, -0.2) is 8.42 Å². The van der Waals surface area contributed by atoms with Crippen molar-refractivity contribution >= 4 is 38.9 Å². The van der Waals surface area contributed by atoms with Crippen molar-refractivity contribution in [1.29, 1.82) is 0 Å². The second-order valence-corrected chi connectivity index (χ2v) is 11.5. The summed E-state index contributed by atoms with van der Waals surface area (Å²) in [4.78, 5) is 14.0. The van der Waals surface area contributed by atoms with Gasteiger partial charge in [0.2, 0.25) is 5.91 Å². The van der Waals surface area contributed by atoms with Crippen LogP contribution in [0, 0.1) is 0 Å². The van der Waals surface area contributed by atoms with E-state index in [1.165, 1.54) is 29.6 Å². The Bertz CT molecular complexity index is 900. The highest BCUT2D eigenvalue weighted by Crippen LogP contribution is 2.27. The zero-order valence-electron chi connectivity index (χ0n) is 16.2. The van der Waals surface area contributed by atoms with Crippen molar-refractivity contribution in [2.75, 3.05) is 20.6 Å². The van der Waals surface area contributed by atoms with Gasteiger partial charge in [0.1, 0.15) is 4.21 Å². The quantitative estimate of drug-likeness (QED) is 0.699. The number of halogens is 1. The molecule has 0 N–H and O–H groups in total. The number of thiophene rings is 1. The molecule has 0 fully saturated rings. The maximum atomic E-state index is 12.5. The van der Waals surface area contributed by atoms with Crippen molar-refractivity contribution in [3.63, 3.8) is 0 Å². The first kappa shape index (κ1) is 21.9. The van der Waals surface area contributed by atoms with Gasteiger partial charge in [0.05, 0.1) is 10.9 Å². The second-order valence-electron chi connectivity index (χ2n) is 7.52.